The van der Waals surface area contributed by atoms with Gasteiger partial charge in [0.05, 0.1) is 17.4 Å². The predicted octanol–water partition coefficient (Wildman–Crippen LogP) is 4.47. The van der Waals surface area contributed by atoms with E-state index in [0.717, 1.165) is 0 Å². The molecule has 2 heterocycles. The Labute approximate surface area is 160 Å². The van der Waals surface area contributed by atoms with E-state index in [1.54, 1.807) is 31.3 Å². The van der Waals surface area contributed by atoms with Gasteiger partial charge in [-0.1, -0.05) is 36.4 Å². The van der Waals surface area contributed by atoms with Gasteiger partial charge in [-0.25, -0.2) is 14.4 Å². The maximum absolute atomic E-state index is 14.6. The zero-order chi connectivity index (χ0) is 18.8. The minimum absolute atomic E-state index is 0.198. The number of para-hydroxylation sites is 1. The van der Waals surface area contributed by atoms with Gasteiger partial charge >= 0.3 is 0 Å². The number of rotatable bonds is 5. The first-order chi connectivity index (χ1) is 13.1. The van der Waals surface area contributed by atoms with E-state index >= 15 is 0 Å². The number of carbonyl (C=O) groups excluding carboxylic acids is 1. The molecule has 2 atom stereocenters. The molecule has 0 fully saturated rings. The predicted molar refractivity (Wildman–Crippen MR) is 105 cm³/mol. The fourth-order valence-corrected chi connectivity index (χ4v) is 3.78. The van der Waals surface area contributed by atoms with Crippen LogP contribution in [0.2, 0.25) is 0 Å². The number of hydrazone groups is 1. The number of hydrogen-bond acceptors (Lipinski definition) is 5. The number of hydrogen-bond donors (Lipinski definition) is 1. The highest BCUT2D eigenvalue weighted by molar-refractivity contribution is 7.13. The van der Waals surface area contributed by atoms with Gasteiger partial charge in [-0.3, -0.25) is 4.79 Å². The molecule has 2 aromatic carbocycles. The van der Waals surface area contributed by atoms with E-state index in [9.17, 15) is 9.18 Å². The smallest absolute Gasteiger partial charge is 0.258 e. The van der Waals surface area contributed by atoms with Crippen molar-refractivity contribution in [3.63, 3.8) is 0 Å². The van der Waals surface area contributed by atoms with Crippen LogP contribution in [-0.2, 0) is 4.79 Å². The average Bonchev–Trinajstić information content (AvgIpc) is 3.29. The Hall–Kier alpha value is -3.06. The number of nitrogens with one attached hydrogen (secondary N) is 1. The zero-order valence-electron chi connectivity index (χ0n) is 14.5. The van der Waals surface area contributed by atoms with Crippen LogP contribution in [-0.4, -0.2) is 16.6 Å². The number of aromatic nitrogens is 1. The molecule has 136 valence electrons. The Balaban J connectivity index is 1.73. The second-order valence-corrected chi connectivity index (χ2v) is 7.08. The molecule has 4 rings (SSSR count). The molecule has 3 aromatic rings. The van der Waals surface area contributed by atoms with E-state index in [2.05, 4.69) is 15.4 Å². The SMILES string of the molecule is CC1=NN(c2ccccc2)C(=O)[C@H]1[C@H](Nc1nccs1)c1ccccc1F. The van der Waals surface area contributed by atoms with Gasteiger partial charge in [0.1, 0.15) is 11.7 Å². The number of anilines is 2. The first-order valence-corrected chi connectivity index (χ1v) is 9.37. The fraction of sp³-hybridized carbons (Fsp3) is 0.150. The van der Waals surface area contributed by atoms with E-state index in [4.69, 9.17) is 0 Å². The van der Waals surface area contributed by atoms with Crippen LogP contribution in [0.1, 0.15) is 18.5 Å². The summed E-state index contributed by atoms with van der Waals surface area (Å²) in [6.07, 6.45) is 1.67. The van der Waals surface area contributed by atoms with E-state index in [0.29, 0.717) is 22.1 Å². The summed E-state index contributed by atoms with van der Waals surface area (Å²) in [6, 6.07) is 15.1. The molecule has 0 bridgehead atoms. The molecule has 7 heteroatoms. The third-order valence-electron chi connectivity index (χ3n) is 4.47. The molecular weight excluding hydrogens is 363 g/mol. The Morgan fingerprint density at radius 1 is 1.15 bits per heavy atom. The van der Waals surface area contributed by atoms with Crippen molar-refractivity contribution in [3.05, 3.63) is 77.6 Å². The summed E-state index contributed by atoms with van der Waals surface area (Å²) in [5.41, 5.74) is 1.72. The maximum atomic E-state index is 14.6. The molecular formula is C20H17FN4OS. The van der Waals surface area contributed by atoms with Crippen LogP contribution < -0.4 is 10.3 Å². The number of halogens is 1. The van der Waals surface area contributed by atoms with E-state index < -0.39 is 12.0 Å². The van der Waals surface area contributed by atoms with Gasteiger partial charge in [0.25, 0.3) is 5.91 Å². The lowest BCUT2D eigenvalue weighted by atomic mass is 9.89. The summed E-state index contributed by atoms with van der Waals surface area (Å²) in [5.74, 6) is -1.20. The van der Waals surface area contributed by atoms with Crippen molar-refractivity contribution in [2.24, 2.45) is 11.0 Å². The van der Waals surface area contributed by atoms with Gasteiger partial charge in [0.15, 0.2) is 5.13 Å². The lowest BCUT2D eigenvalue weighted by Gasteiger charge is -2.25. The Bertz CT molecular complexity index is 975. The minimum Gasteiger partial charge on any atom is -0.353 e. The fourth-order valence-electron chi connectivity index (χ4n) is 3.21. The molecule has 0 radical (unpaired) electrons. The summed E-state index contributed by atoms with van der Waals surface area (Å²) in [4.78, 5) is 17.4. The highest BCUT2D eigenvalue weighted by Gasteiger charge is 2.41. The summed E-state index contributed by atoms with van der Waals surface area (Å²) in [5, 5.41) is 11.5. The largest absolute Gasteiger partial charge is 0.353 e. The van der Waals surface area contributed by atoms with Gasteiger partial charge in [-0.05, 0) is 25.1 Å². The van der Waals surface area contributed by atoms with Crippen LogP contribution in [0.5, 0.6) is 0 Å². The monoisotopic (exact) mass is 380 g/mol. The average molecular weight is 380 g/mol. The third kappa shape index (κ3) is 3.33. The summed E-state index contributed by atoms with van der Waals surface area (Å²) < 4.78 is 14.6. The van der Waals surface area contributed by atoms with E-state index in [1.165, 1.54) is 22.4 Å². The Kier molecular flexibility index (Phi) is 4.68. The molecule has 0 unspecified atom stereocenters. The number of benzene rings is 2. The molecule has 1 N–H and O–H groups in total. The molecule has 1 aliphatic heterocycles. The molecule has 0 saturated heterocycles. The van der Waals surface area contributed by atoms with Gasteiger partial charge in [-0.15, -0.1) is 11.3 Å². The van der Waals surface area contributed by atoms with Gasteiger partial charge in [0.2, 0.25) is 0 Å². The van der Waals surface area contributed by atoms with Crippen LogP contribution >= 0.6 is 11.3 Å². The van der Waals surface area contributed by atoms with Gasteiger partial charge in [0, 0.05) is 17.1 Å². The number of thiazole rings is 1. The van der Waals surface area contributed by atoms with Crippen LogP contribution in [0, 0.1) is 11.7 Å². The van der Waals surface area contributed by atoms with Crippen molar-refractivity contribution in [2.75, 3.05) is 10.3 Å². The Morgan fingerprint density at radius 3 is 2.59 bits per heavy atom. The normalized spacial score (nSPS) is 17.7. The highest BCUT2D eigenvalue weighted by Crippen LogP contribution is 2.36. The highest BCUT2D eigenvalue weighted by atomic mass is 32.1. The van der Waals surface area contributed by atoms with Crippen molar-refractivity contribution in [3.8, 4) is 0 Å². The van der Waals surface area contributed by atoms with Crippen molar-refractivity contribution in [1.82, 2.24) is 4.98 Å². The first kappa shape index (κ1) is 17.4. The summed E-state index contributed by atoms with van der Waals surface area (Å²) in [6.45, 7) is 1.79. The zero-order valence-corrected chi connectivity index (χ0v) is 15.4. The van der Waals surface area contributed by atoms with Crippen LogP contribution in [0.25, 0.3) is 0 Å². The van der Waals surface area contributed by atoms with E-state index in [-0.39, 0.29) is 11.7 Å². The minimum atomic E-state index is -0.633. The van der Waals surface area contributed by atoms with Gasteiger partial charge in [-0.2, -0.15) is 5.10 Å². The van der Waals surface area contributed by atoms with Crippen molar-refractivity contribution >= 4 is 33.8 Å². The summed E-state index contributed by atoms with van der Waals surface area (Å²) in [7, 11) is 0. The lowest BCUT2D eigenvalue weighted by Crippen LogP contribution is -2.35. The molecule has 1 amide bonds. The topological polar surface area (TPSA) is 57.6 Å². The van der Waals surface area contributed by atoms with Crippen molar-refractivity contribution in [2.45, 2.75) is 13.0 Å². The van der Waals surface area contributed by atoms with Crippen molar-refractivity contribution in [1.29, 1.82) is 0 Å². The van der Waals surface area contributed by atoms with Crippen LogP contribution in [0.3, 0.4) is 0 Å². The second kappa shape index (κ2) is 7.28. The quantitative estimate of drug-likeness (QED) is 0.710. The second-order valence-electron chi connectivity index (χ2n) is 6.19. The Morgan fingerprint density at radius 2 is 1.89 bits per heavy atom. The molecule has 1 aliphatic rings. The first-order valence-electron chi connectivity index (χ1n) is 8.49. The molecule has 1 aromatic heterocycles. The molecule has 5 nitrogen and oxygen atoms in total. The summed E-state index contributed by atoms with van der Waals surface area (Å²) >= 11 is 1.40. The molecule has 0 spiro atoms. The third-order valence-corrected chi connectivity index (χ3v) is 5.17. The molecule has 0 saturated carbocycles. The van der Waals surface area contributed by atoms with Gasteiger partial charge < -0.3 is 5.32 Å². The van der Waals surface area contributed by atoms with E-state index in [1.807, 2.05) is 35.7 Å². The maximum Gasteiger partial charge on any atom is 0.258 e. The molecule has 27 heavy (non-hydrogen) atoms. The number of nitrogens with zero attached hydrogens (tertiary/aromatic N) is 3. The van der Waals surface area contributed by atoms with Crippen LogP contribution in [0.15, 0.2) is 71.3 Å². The number of carbonyl (C=O) groups is 1. The number of amides is 1. The standard InChI is InChI=1S/C20H17FN4OS/c1-13-17(19(26)25(24-13)14-7-3-2-4-8-14)18(23-20-22-11-12-27-20)15-9-5-6-10-16(15)21/h2-12,17-18H,1H3,(H,22,23)/t17-,18-/m1/s1. The van der Waals surface area contributed by atoms with Crippen molar-refractivity contribution < 1.29 is 9.18 Å². The van der Waals surface area contributed by atoms with Crippen LogP contribution in [0.4, 0.5) is 15.2 Å². The molecule has 0 aliphatic carbocycles. The lowest BCUT2D eigenvalue weighted by molar-refractivity contribution is -0.120.